The number of halogens is 1. The summed E-state index contributed by atoms with van der Waals surface area (Å²) in [7, 11) is 0. The lowest BCUT2D eigenvalue weighted by atomic mass is 10.1. The molecule has 0 bridgehead atoms. The number of aliphatic hydroxyl groups is 2. The van der Waals surface area contributed by atoms with Crippen LogP contribution in [0.5, 0.6) is 0 Å². The number of benzene rings is 1. The second kappa shape index (κ2) is 9.34. The third-order valence-corrected chi connectivity index (χ3v) is 3.11. The van der Waals surface area contributed by atoms with Crippen LogP contribution in [0.3, 0.4) is 0 Å². The summed E-state index contributed by atoms with van der Waals surface area (Å²) in [6.45, 7) is 1.74. The third-order valence-electron chi connectivity index (χ3n) is 2.85. The van der Waals surface area contributed by atoms with Crippen LogP contribution in [0.1, 0.15) is 37.4 Å². The highest BCUT2D eigenvalue weighted by molar-refractivity contribution is 6.30. The number of nitrogens with one attached hydrogen (secondary N) is 1. The van der Waals surface area contributed by atoms with Gasteiger partial charge in [-0.05, 0) is 37.1 Å². The van der Waals surface area contributed by atoms with E-state index < -0.39 is 6.10 Å². The minimum atomic E-state index is -0.486. The standard InChI is InChI=1S/C14H22ClNO2/c15-13-7-5-12(6-8-13)14(18)11-16-9-3-1-2-4-10-17/h5-8,14,16-18H,1-4,9-11H2. The van der Waals surface area contributed by atoms with Gasteiger partial charge in [0, 0.05) is 18.2 Å². The fraction of sp³-hybridized carbons (Fsp3) is 0.571. The highest BCUT2D eigenvalue weighted by Crippen LogP contribution is 2.15. The van der Waals surface area contributed by atoms with Crippen LogP contribution >= 0.6 is 11.6 Å². The maximum Gasteiger partial charge on any atom is 0.0914 e. The molecule has 0 amide bonds. The van der Waals surface area contributed by atoms with Crippen LogP contribution in [0.25, 0.3) is 0 Å². The van der Waals surface area contributed by atoms with E-state index in [2.05, 4.69) is 5.32 Å². The van der Waals surface area contributed by atoms with E-state index in [-0.39, 0.29) is 6.61 Å². The Labute approximate surface area is 114 Å². The average molecular weight is 272 g/mol. The van der Waals surface area contributed by atoms with Gasteiger partial charge in [-0.3, -0.25) is 0 Å². The summed E-state index contributed by atoms with van der Waals surface area (Å²) < 4.78 is 0. The Morgan fingerprint density at radius 3 is 2.39 bits per heavy atom. The first-order chi connectivity index (χ1) is 8.74. The molecule has 0 aliphatic rings. The summed E-state index contributed by atoms with van der Waals surface area (Å²) in [5.41, 5.74) is 0.882. The Morgan fingerprint density at radius 2 is 1.72 bits per heavy atom. The highest BCUT2D eigenvalue weighted by atomic mass is 35.5. The van der Waals surface area contributed by atoms with Crippen molar-refractivity contribution in [3.05, 3.63) is 34.9 Å². The molecule has 0 heterocycles. The van der Waals surface area contributed by atoms with Gasteiger partial charge in [-0.2, -0.15) is 0 Å². The molecule has 3 nitrogen and oxygen atoms in total. The molecule has 1 rings (SSSR count). The highest BCUT2D eigenvalue weighted by Gasteiger charge is 2.06. The zero-order chi connectivity index (χ0) is 13.2. The van der Waals surface area contributed by atoms with E-state index in [4.69, 9.17) is 16.7 Å². The Hall–Kier alpha value is -0.610. The lowest BCUT2D eigenvalue weighted by Gasteiger charge is -2.12. The maximum absolute atomic E-state index is 9.91. The van der Waals surface area contributed by atoms with E-state index in [1.807, 2.05) is 12.1 Å². The maximum atomic E-state index is 9.91. The molecule has 1 aromatic carbocycles. The van der Waals surface area contributed by atoms with Gasteiger partial charge in [0.25, 0.3) is 0 Å². The van der Waals surface area contributed by atoms with Crippen molar-refractivity contribution in [2.75, 3.05) is 19.7 Å². The predicted octanol–water partition coefficient (Wildman–Crippen LogP) is 2.52. The molecule has 0 fully saturated rings. The second-order valence-corrected chi connectivity index (χ2v) is 4.85. The van der Waals surface area contributed by atoms with Crippen LogP contribution in [0.2, 0.25) is 5.02 Å². The SMILES string of the molecule is OCCCCCCNCC(O)c1ccc(Cl)cc1. The van der Waals surface area contributed by atoms with Crippen LogP contribution in [-0.4, -0.2) is 29.9 Å². The Balaban J connectivity index is 2.10. The second-order valence-electron chi connectivity index (χ2n) is 4.41. The van der Waals surface area contributed by atoms with Crippen LogP contribution in [0.4, 0.5) is 0 Å². The predicted molar refractivity (Wildman–Crippen MR) is 74.8 cm³/mol. The molecule has 3 N–H and O–H groups in total. The molecule has 0 radical (unpaired) electrons. The zero-order valence-corrected chi connectivity index (χ0v) is 11.4. The lowest BCUT2D eigenvalue weighted by molar-refractivity contribution is 0.174. The summed E-state index contributed by atoms with van der Waals surface area (Å²) >= 11 is 5.79. The summed E-state index contributed by atoms with van der Waals surface area (Å²) in [6, 6.07) is 7.26. The Morgan fingerprint density at radius 1 is 1.06 bits per heavy atom. The van der Waals surface area contributed by atoms with E-state index in [9.17, 15) is 5.11 Å². The van der Waals surface area contributed by atoms with Gasteiger partial charge < -0.3 is 15.5 Å². The number of aliphatic hydroxyl groups excluding tert-OH is 2. The summed E-state index contributed by atoms with van der Waals surface area (Å²) in [4.78, 5) is 0. The molecule has 0 saturated heterocycles. The van der Waals surface area contributed by atoms with Crippen molar-refractivity contribution in [3.63, 3.8) is 0 Å². The fourth-order valence-corrected chi connectivity index (χ4v) is 1.88. The molecule has 0 spiro atoms. The summed E-state index contributed by atoms with van der Waals surface area (Å²) in [5, 5.41) is 22.5. The van der Waals surface area contributed by atoms with Crippen molar-refractivity contribution in [2.24, 2.45) is 0 Å². The van der Waals surface area contributed by atoms with Crippen molar-refractivity contribution < 1.29 is 10.2 Å². The quantitative estimate of drug-likeness (QED) is 0.605. The first-order valence-electron chi connectivity index (χ1n) is 6.49. The van der Waals surface area contributed by atoms with Gasteiger partial charge in [0.05, 0.1) is 6.10 Å². The third kappa shape index (κ3) is 6.36. The van der Waals surface area contributed by atoms with E-state index in [0.29, 0.717) is 11.6 Å². The first kappa shape index (κ1) is 15.4. The van der Waals surface area contributed by atoms with Crippen LogP contribution < -0.4 is 5.32 Å². The molecule has 4 heteroatoms. The normalized spacial score (nSPS) is 12.6. The van der Waals surface area contributed by atoms with E-state index in [1.165, 1.54) is 0 Å². The molecular weight excluding hydrogens is 250 g/mol. The van der Waals surface area contributed by atoms with Crippen molar-refractivity contribution >= 4 is 11.6 Å². The number of hydrogen-bond donors (Lipinski definition) is 3. The number of rotatable bonds is 9. The molecule has 18 heavy (non-hydrogen) atoms. The van der Waals surface area contributed by atoms with Gasteiger partial charge in [0.2, 0.25) is 0 Å². The average Bonchev–Trinajstić information content (AvgIpc) is 2.38. The van der Waals surface area contributed by atoms with Gasteiger partial charge in [0.15, 0.2) is 0 Å². The zero-order valence-electron chi connectivity index (χ0n) is 10.6. The molecule has 1 unspecified atom stereocenters. The van der Waals surface area contributed by atoms with Crippen LogP contribution in [-0.2, 0) is 0 Å². The Bertz CT molecular complexity index is 316. The molecular formula is C14H22ClNO2. The van der Waals surface area contributed by atoms with E-state index in [1.54, 1.807) is 12.1 Å². The van der Waals surface area contributed by atoms with Crippen molar-refractivity contribution in [1.82, 2.24) is 5.32 Å². The van der Waals surface area contributed by atoms with Crippen LogP contribution in [0.15, 0.2) is 24.3 Å². The van der Waals surface area contributed by atoms with Gasteiger partial charge in [-0.15, -0.1) is 0 Å². The summed E-state index contributed by atoms with van der Waals surface area (Å²) in [5.74, 6) is 0. The monoisotopic (exact) mass is 271 g/mol. The van der Waals surface area contributed by atoms with Crippen LogP contribution in [0, 0.1) is 0 Å². The fourth-order valence-electron chi connectivity index (χ4n) is 1.76. The molecule has 0 aliphatic carbocycles. The van der Waals surface area contributed by atoms with Crippen molar-refractivity contribution in [3.8, 4) is 0 Å². The first-order valence-corrected chi connectivity index (χ1v) is 6.87. The largest absolute Gasteiger partial charge is 0.396 e. The van der Waals surface area contributed by atoms with Gasteiger partial charge >= 0.3 is 0 Å². The van der Waals surface area contributed by atoms with Gasteiger partial charge in [-0.25, -0.2) is 0 Å². The molecule has 0 aromatic heterocycles. The molecule has 0 aliphatic heterocycles. The van der Waals surface area contributed by atoms with Crippen molar-refractivity contribution in [1.29, 1.82) is 0 Å². The van der Waals surface area contributed by atoms with E-state index >= 15 is 0 Å². The Kier molecular flexibility index (Phi) is 8.01. The van der Waals surface area contributed by atoms with Gasteiger partial charge in [0.1, 0.15) is 0 Å². The lowest BCUT2D eigenvalue weighted by Crippen LogP contribution is -2.22. The van der Waals surface area contributed by atoms with E-state index in [0.717, 1.165) is 37.8 Å². The van der Waals surface area contributed by atoms with Crippen molar-refractivity contribution in [2.45, 2.75) is 31.8 Å². The topological polar surface area (TPSA) is 52.5 Å². The molecule has 1 aromatic rings. The summed E-state index contributed by atoms with van der Waals surface area (Å²) in [6.07, 6.45) is 3.66. The molecule has 1 atom stereocenters. The number of unbranched alkanes of at least 4 members (excludes halogenated alkanes) is 3. The molecule has 102 valence electrons. The minimum absolute atomic E-state index is 0.280. The van der Waals surface area contributed by atoms with Gasteiger partial charge in [-0.1, -0.05) is 36.6 Å². The minimum Gasteiger partial charge on any atom is -0.396 e. The smallest absolute Gasteiger partial charge is 0.0914 e. The number of hydrogen-bond acceptors (Lipinski definition) is 3. The molecule has 0 saturated carbocycles.